The highest BCUT2D eigenvalue weighted by Gasteiger charge is 2.29. The highest BCUT2D eigenvalue weighted by Crippen LogP contribution is 2.31. The second-order valence-electron chi connectivity index (χ2n) is 7.25. The maximum absolute atomic E-state index is 13.1. The fourth-order valence-electron chi connectivity index (χ4n) is 4.30. The molecule has 2 aliphatic rings. The molecule has 25 heavy (non-hydrogen) atoms. The average molecular weight is 334 g/mol. The van der Waals surface area contributed by atoms with Crippen LogP contribution in [0, 0.1) is 0 Å². The molecule has 3 nitrogen and oxygen atoms in total. The molecule has 2 aromatic carbocycles. The molecule has 0 aromatic heterocycles. The van der Waals surface area contributed by atoms with Crippen molar-refractivity contribution in [3.05, 3.63) is 65.2 Å². The Morgan fingerprint density at radius 3 is 2.64 bits per heavy atom. The summed E-state index contributed by atoms with van der Waals surface area (Å²) in [5.74, 6) is 0.190. The van der Waals surface area contributed by atoms with Crippen molar-refractivity contribution in [3.63, 3.8) is 0 Å². The van der Waals surface area contributed by atoms with E-state index in [-0.39, 0.29) is 18.0 Å². The summed E-state index contributed by atoms with van der Waals surface area (Å²) < 4.78 is 0. The van der Waals surface area contributed by atoms with Crippen molar-refractivity contribution in [2.24, 2.45) is 0 Å². The number of rotatable bonds is 3. The van der Waals surface area contributed by atoms with Crippen LogP contribution >= 0.6 is 0 Å². The zero-order valence-corrected chi connectivity index (χ0v) is 14.9. The number of nitrogens with zero attached hydrogens (tertiary/aromatic N) is 1. The summed E-state index contributed by atoms with van der Waals surface area (Å²) in [5, 5.41) is 3.61. The van der Waals surface area contributed by atoms with Gasteiger partial charge in [-0.2, -0.15) is 0 Å². The van der Waals surface area contributed by atoms with Gasteiger partial charge in [0, 0.05) is 18.3 Å². The molecule has 0 bridgehead atoms. The molecule has 0 radical (unpaired) electrons. The first-order chi connectivity index (χ1) is 12.2. The van der Waals surface area contributed by atoms with Gasteiger partial charge in [-0.3, -0.25) is 10.1 Å². The first-order valence-electron chi connectivity index (χ1n) is 9.47. The van der Waals surface area contributed by atoms with Gasteiger partial charge in [-0.05, 0) is 61.8 Å². The Balaban J connectivity index is 1.51. The van der Waals surface area contributed by atoms with Crippen molar-refractivity contribution < 1.29 is 4.79 Å². The zero-order chi connectivity index (χ0) is 17.2. The van der Waals surface area contributed by atoms with Gasteiger partial charge < -0.3 is 4.90 Å². The van der Waals surface area contributed by atoms with Crippen LogP contribution < -0.4 is 10.2 Å². The van der Waals surface area contributed by atoms with Crippen molar-refractivity contribution in [1.82, 2.24) is 5.32 Å². The summed E-state index contributed by atoms with van der Waals surface area (Å²) in [6.07, 6.45) is 5.54. The van der Waals surface area contributed by atoms with Gasteiger partial charge in [0.15, 0.2) is 0 Å². The molecule has 0 saturated heterocycles. The number of benzene rings is 2. The van der Waals surface area contributed by atoms with Crippen LogP contribution in [0.1, 0.15) is 48.9 Å². The number of fused-ring (bicyclic) bond motifs is 2. The summed E-state index contributed by atoms with van der Waals surface area (Å²) in [6.45, 7) is 2.83. The van der Waals surface area contributed by atoms with Crippen molar-refractivity contribution in [1.29, 1.82) is 0 Å². The number of aryl methyl sites for hydroxylation is 2. The Labute approximate surface area is 150 Å². The van der Waals surface area contributed by atoms with Crippen LogP contribution in [0.4, 0.5) is 5.69 Å². The maximum Gasteiger partial charge on any atom is 0.243 e. The Kier molecular flexibility index (Phi) is 4.58. The lowest BCUT2D eigenvalue weighted by molar-refractivity contribution is -0.120. The fraction of sp³-hybridized carbons (Fsp3) is 0.409. The third-order valence-electron chi connectivity index (χ3n) is 5.57. The van der Waals surface area contributed by atoms with E-state index in [1.54, 1.807) is 0 Å². The fourth-order valence-corrected chi connectivity index (χ4v) is 4.30. The number of carbonyl (C=O) groups is 1. The zero-order valence-electron chi connectivity index (χ0n) is 14.9. The molecule has 1 heterocycles. The predicted octanol–water partition coefficient (Wildman–Crippen LogP) is 4.02. The van der Waals surface area contributed by atoms with E-state index in [1.807, 2.05) is 17.9 Å². The van der Waals surface area contributed by atoms with Gasteiger partial charge in [0.05, 0.1) is 6.04 Å². The molecule has 130 valence electrons. The smallest absolute Gasteiger partial charge is 0.243 e. The second-order valence-corrected chi connectivity index (χ2v) is 7.25. The molecule has 2 atom stereocenters. The van der Waals surface area contributed by atoms with Crippen LogP contribution in [0.25, 0.3) is 0 Å². The van der Waals surface area contributed by atoms with E-state index in [0.717, 1.165) is 37.9 Å². The van der Waals surface area contributed by atoms with Crippen molar-refractivity contribution in [2.75, 3.05) is 11.4 Å². The van der Waals surface area contributed by atoms with Gasteiger partial charge in [0.25, 0.3) is 0 Å². The molecule has 0 fully saturated rings. The van der Waals surface area contributed by atoms with Gasteiger partial charge in [-0.25, -0.2) is 0 Å². The minimum absolute atomic E-state index is 0.178. The van der Waals surface area contributed by atoms with E-state index in [1.165, 1.54) is 23.1 Å². The van der Waals surface area contributed by atoms with Gasteiger partial charge in [0.2, 0.25) is 5.91 Å². The number of hydrogen-bond acceptors (Lipinski definition) is 2. The maximum atomic E-state index is 13.1. The number of nitrogens with one attached hydrogen (secondary N) is 1. The van der Waals surface area contributed by atoms with Gasteiger partial charge in [-0.1, -0.05) is 42.5 Å². The number of anilines is 1. The van der Waals surface area contributed by atoms with E-state index in [4.69, 9.17) is 0 Å². The highest BCUT2D eigenvalue weighted by molar-refractivity contribution is 5.98. The van der Waals surface area contributed by atoms with Crippen LogP contribution in [0.15, 0.2) is 48.5 Å². The summed E-state index contributed by atoms with van der Waals surface area (Å²) in [7, 11) is 0. The molecule has 0 unspecified atom stereocenters. The highest BCUT2D eigenvalue weighted by atomic mass is 16.2. The third-order valence-corrected chi connectivity index (χ3v) is 5.57. The largest absolute Gasteiger partial charge is 0.311 e. The van der Waals surface area contributed by atoms with E-state index >= 15 is 0 Å². The average Bonchev–Trinajstić information content (AvgIpc) is 2.67. The Hall–Kier alpha value is -2.13. The molecule has 2 aromatic rings. The van der Waals surface area contributed by atoms with Crippen LogP contribution in [-0.4, -0.2) is 18.5 Å². The monoisotopic (exact) mass is 334 g/mol. The molecule has 4 rings (SSSR count). The van der Waals surface area contributed by atoms with E-state index in [9.17, 15) is 4.79 Å². The van der Waals surface area contributed by atoms with Crippen LogP contribution in [0.5, 0.6) is 0 Å². The van der Waals surface area contributed by atoms with E-state index in [2.05, 4.69) is 47.8 Å². The minimum atomic E-state index is -0.178. The number of carbonyl (C=O) groups excluding carboxylic acids is 1. The molecule has 0 spiro atoms. The van der Waals surface area contributed by atoms with Gasteiger partial charge in [0.1, 0.15) is 0 Å². The molecule has 1 aliphatic carbocycles. The lowest BCUT2D eigenvalue weighted by Crippen LogP contribution is -2.48. The first kappa shape index (κ1) is 16.3. The molecule has 1 N–H and O–H groups in total. The Bertz CT molecular complexity index is 770. The summed E-state index contributed by atoms with van der Waals surface area (Å²) in [4.78, 5) is 15.1. The lowest BCUT2D eigenvalue weighted by Gasteiger charge is -2.34. The van der Waals surface area contributed by atoms with Crippen LogP contribution in [0.2, 0.25) is 0 Å². The number of amides is 1. The van der Waals surface area contributed by atoms with Crippen molar-refractivity contribution in [2.45, 2.75) is 51.1 Å². The summed E-state index contributed by atoms with van der Waals surface area (Å²) in [6, 6.07) is 17.1. The first-order valence-corrected chi connectivity index (χ1v) is 9.47. The molecule has 1 aliphatic heterocycles. The topological polar surface area (TPSA) is 32.3 Å². The Morgan fingerprint density at radius 2 is 1.76 bits per heavy atom. The number of hydrogen-bond donors (Lipinski definition) is 1. The predicted molar refractivity (Wildman–Crippen MR) is 102 cm³/mol. The minimum Gasteiger partial charge on any atom is -0.311 e. The molecule has 3 heteroatoms. The van der Waals surface area contributed by atoms with E-state index in [0.29, 0.717) is 0 Å². The standard InChI is InChI=1S/C22H26N2O/c1-16(23-20-13-6-10-17-8-2-4-12-19(17)20)22(25)24-15-7-11-18-9-3-5-14-21(18)24/h2-5,8-9,12,14,16,20,23H,6-7,10-11,13,15H2,1H3/t16-,20-/m1/s1. The third kappa shape index (κ3) is 3.21. The van der Waals surface area contributed by atoms with Crippen molar-refractivity contribution >= 4 is 11.6 Å². The van der Waals surface area contributed by atoms with Gasteiger partial charge >= 0.3 is 0 Å². The summed E-state index contributed by atoms with van der Waals surface area (Å²) in [5.41, 5.74) is 5.18. The van der Waals surface area contributed by atoms with Crippen molar-refractivity contribution in [3.8, 4) is 0 Å². The summed E-state index contributed by atoms with van der Waals surface area (Å²) >= 11 is 0. The van der Waals surface area contributed by atoms with Crippen LogP contribution in [-0.2, 0) is 17.6 Å². The lowest BCUT2D eigenvalue weighted by atomic mass is 9.87. The molecular formula is C22H26N2O. The normalized spacial score (nSPS) is 20.5. The van der Waals surface area contributed by atoms with Crippen LogP contribution in [0.3, 0.4) is 0 Å². The molecule has 1 amide bonds. The molecular weight excluding hydrogens is 308 g/mol. The molecule has 0 saturated carbocycles. The SMILES string of the molecule is C[C@@H](N[C@@H]1CCCc2ccccc21)C(=O)N1CCCc2ccccc21. The second kappa shape index (κ2) is 7.01. The van der Waals surface area contributed by atoms with E-state index < -0.39 is 0 Å². The van der Waals surface area contributed by atoms with Gasteiger partial charge in [-0.15, -0.1) is 0 Å². The Morgan fingerprint density at radius 1 is 1.04 bits per heavy atom. The quantitative estimate of drug-likeness (QED) is 0.919. The number of para-hydroxylation sites is 1.